The minimum absolute atomic E-state index is 0.0358. The standard InChI is InChI=1S/C12H16ClFN2O2/c1-18-7-3-6-10(15)12(17)16-11-8(13)4-2-5-9(11)14/h2,4-5,10H,3,6-7,15H2,1H3,(H,16,17). The van der Waals surface area contributed by atoms with E-state index >= 15 is 0 Å². The number of nitrogens with one attached hydrogen (secondary N) is 1. The van der Waals surface area contributed by atoms with Gasteiger partial charge in [-0.05, 0) is 25.0 Å². The van der Waals surface area contributed by atoms with Crippen LogP contribution in [0.15, 0.2) is 18.2 Å². The molecule has 0 saturated heterocycles. The van der Waals surface area contributed by atoms with Crippen LogP contribution in [-0.4, -0.2) is 25.7 Å². The van der Waals surface area contributed by atoms with Crippen LogP contribution in [0, 0.1) is 5.82 Å². The van der Waals surface area contributed by atoms with Gasteiger partial charge < -0.3 is 15.8 Å². The smallest absolute Gasteiger partial charge is 0.241 e. The molecule has 0 aliphatic carbocycles. The van der Waals surface area contributed by atoms with Crippen LogP contribution in [0.2, 0.25) is 5.02 Å². The number of hydrogen-bond donors (Lipinski definition) is 2. The summed E-state index contributed by atoms with van der Waals surface area (Å²) in [5.74, 6) is -1.04. The van der Waals surface area contributed by atoms with Gasteiger partial charge in [-0.1, -0.05) is 17.7 Å². The molecule has 3 N–H and O–H groups in total. The predicted molar refractivity (Wildman–Crippen MR) is 69.1 cm³/mol. The van der Waals surface area contributed by atoms with Crippen LogP contribution in [0.5, 0.6) is 0 Å². The third-order valence-electron chi connectivity index (χ3n) is 2.41. The van der Waals surface area contributed by atoms with Gasteiger partial charge in [0.15, 0.2) is 0 Å². The fourth-order valence-corrected chi connectivity index (χ4v) is 1.62. The summed E-state index contributed by atoms with van der Waals surface area (Å²) in [6, 6.07) is 3.47. The number of methoxy groups -OCH3 is 1. The summed E-state index contributed by atoms with van der Waals surface area (Å²) in [5.41, 5.74) is 5.64. The Morgan fingerprint density at radius 1 is 1.61 bits per heavy atom. The van der Waals surface area contributed by atoms with Crippen molar-refractivity contribution >= 4 is 23.2 Å². The zero-order valence-electron chi connectivity index (χ0n) is 10.1. The molecule has 0 aromatic heterocycles. The highest BCUT2D eigenvalue weighted by Gasteiger charge is 2.16. The Morgan fingerprint density at radius 2 is 2.33 bits per heavy atom. The zero-order valence-corrected chi connectivity index (χ0v) is 10.8. The fourth-order valence-electron chi connectivity index (χ4n) is 1.41. The lowest BCUT2D eigenvalue weighted by atomic mass is 10.1. The van der Waals surface area contributed by atoms with E-state index in [1.165, 1.54) is 18.2 Å². The molecule has 0 aliphatic rings. The summed E-state index contributed by atoms with van der Waals surface area (Å²) >= 11 is 5.79. The van der Waals surface area contributed by atoms with Crippen LogP contribution < -0.4 is 11.1 Å². The van der Waals surface area contributed by atoms with E-state index < -0.39 is 17.8 Å². The minimum atomic E-state index is -0.712. The molecule has 1 aromatic rings. The van der Waals surface area contributed by atoms with Gasteiger partial charge >= 0.3 is 0 Å². The van der Waals surface area contributed by atoms with Crippen LogP contribution in [0.1, 0.15) is 12.8 Å². The highest BCUT2D eigenvalue weighted by molar-refractivity contribution is 6.33. The summed E-state index contributed by atoms with van der Waals surface area (Å²) in [7, 11) is 1.57. The summed E-state index contributed by atoms with van der Waals surface area (Å²) in [6.07, 6.45) is 1.13. The summed E-state index contributed by atoms with van der Waals surface area (Å²) in [4.78, 5) is 11.7. The topological polar surface area (TPSA) is 64.3 Å². The van der Waals surface area contributed by atoms with E-state index in [9.17, 15) is 9.18 Å². The van der Waals surface area contributed by atoms with Crippen LogP contribution in [0.25, 0.3) is 0 Å². The fraction of sp³-hybridized carbons (Fsp3) is 0.417. The van der Waals surface area contributed by atoms with Crippen molar-refractivity contribution < 1.29 is 13.9 Å². The van der Waals surface area contributed by atoms with Gasteiger partial charge in [-0.2, -0.15) is 0 Å². The molecule has 4 nitrogen and oxygen atoms in total. The van der Waals surface area contributed by atoms with Crippen molar-refractivity contribution in [1.29, 1.82) is 0 Å². The maximum absolute atomic E-state index is 13.4. The third kappa shape index (κ3) is 4.25. The molecule has 0 heterocycles. The SMILES string of the molecule is COCCCC(N)C(=O)Nc1c(F)cccc1Cl. The molecule has 0 aliphatic heterocycles. The molecule has 0 saturated carbocycles. The molecule has 0 spiro atoms. The van der Waals surface area contributed by atoms with Crippen molar-refractivity contribution in [2.24, 2.45) is 5.73 Å². The average Bonchev–Trinajstić information content (AvgIpc) is 2.34. The quantitative estimate of drug-likeness (QED) is 0.782. The van der Waals surface area contributed by atoms with Gasteiger partial charge in [0.1, 0.15) is 5.82 Å². The molecule has 100 valence electrons. The van der Waals surface area contributed by atoms with Crippen molar-refractivity contribution in [3.8, 4) is 0 Å². The number of benzene rings is 1. The first-order chi connectivity index (χ1) is 8.56. The van der Waals surface area contributed by atoms with Crippen molar-refractivity contribution in [3.63, 3.8) is 0 Å². The van der Waals surface area contributed by atoms with Gasteiger partial charge in [-0.15, -0.1) is 0 Å². The van der Waals surface area contributed by atoms with Crippen molar-refractivity contribution in [2.75, 3.05) is 19.0 Å². The van der Waals surface area contributed by atoms with Gasteiger partial charge in [0.25, 0.3) is 0 Å². The maximum atomic E-state index is 13.4. The third-order valence-corrected chi connectivity index (χ3v) is 2.73. The van der Waals surface area contributed by atoms with Crippen LogP contribution in [0.4, 0.5) is 10.1 Å². The number of rotatable bonds is 6. The van der Waals surface area contributed by atoms with Crippen molar-refractivity contribution in [1.82, 2.24) is 0 Å². The molecule has 18 heavy (non-hydrogen) atoms. The summed E-state index contributed by atoms with van der Waals surface area (Å²) in [5, 5.41) is 2.54. The van der Waals surface area contributed by atoms with E-state index in [0.717, 1.165) is 0 Å². The Balaban J connectivity index is 2.58. The molecule has 1 amide bonds. The lowest BCUT2D eigenvalue weighted by molar-refractivity contribution is -0.117. The van der Waals surface area contributed by atoms with Crippen molar-refractivity contribution in [3.05, 3.63) is 29.0 Å². The summed E-state index contributed by atoms with van der Waals surface area (Å²) in [6.45, 7) is 0.529. The lowest BCUT2D eigenvalue weighted by Crippen LogP contribution is -2.36. The number of para-hydroxylation sites is 1. The Labute approximate surface area is 110 Å². The van der Waals surface area contributed by atoms with Gasteiger partial charge in [-0.3, -0.25) is 4.79 Å². The second kappa shape index (κ2) is 7.31. The van der Waals surface area contributed by atoms with E-state index in [1.54, 1.807) is 7.11 Å². The molecule has 1 aromatic carbocycles. The molecule has 0 radical (unpaired) electrons. The average molecular weight is 275 g/mol. The number of anilines is 1. The van der Waals surface area contributed by atoms with Crippen LogP contribution >= 0.6 is 11.6 Å². The monoisotopic (exact) mass is 274 g/mol. The van der Waals surface area contributed by atoms with Crippen LogP contribution in [0.3, 0.4) is 0 Å². The van der Waals surface area contributed by atoms with Gasteiger partial charge in [0, 0.05) is 13.7 Å². The minimum Gasteiger partial charge on any atom is -0.385 e. The number of halogens is 2. The van der Waals surface area contributed by atoms with Crippen LogP contribution in [-0.2, 0) is 9.53 Å². The predicted octanol–water partition coefficient (Wildman–Crippen LogP) is 2.17. The normalized spacial score (nSPS) is 12.2. The van der Waals surface area contributed by atoms with E-state index in [2.05, 4.69) is 5.32 Å². The molecule has 1 atom stereocenters. The second-order valence-corrected chi connectivity index (χ2v) is 4.23. The first kappa shape index (κ1) is 14.9. The Hall–Kier alpha value is -1.17. The second-order valence-electron chi connectivity index (χ2n) is 3.83. The molecule has 0 fully saturated rings. The first-order valence-corrected chi connectivity index (χ1v) is 5.93. The molecule has 6 heteroatoms. The molecule has 0 bridgehead atoms. The van der Waals surface area contributed by atoms with E-state index in [4.69, 9.17) is 22.1 Å². The number of amides is 1. The molecule has 1 unspecified atom stereocenters. The maximum Gasteiger partial charge on any atom is 0.241 e. The number of carbonyl (C=O) groups is 1. The van der Waals surface area contributed by atoms with Crippen molar-refractivity contribution in [2.45, 2.75) is 18.9 Å². The molecular weight excluding hydrogens is 259 g/mol. The number of nitrogens with two attached hydrogens (primary N) is 1. The van der Waals surface area contributed by atoms with Gasteiger partial charge in [0.05, 0.1) is 16.8 Å². The number of ether oxygens (including phenoxy) is 1. The van der Waals surface area contributed by atoms with E-state index in [0.29, 0.717) is 19.4 Å². The number of carbonyl (C=O) groups excluding carboxylic acids is 1. The Morgan fingerprint density at radius 3 is 2.94 bits per heavy atom. The largest absolute Gasteiger partial charge is 0.385 e. The van der Waals surface area contributed by atoms with Gasteiger partial charge in [-0.25, -0.2) is 4.39 Å². The Kier molecular flexibility index (Phi) is 6.04. The van der Waals surface area contributed by atoms with Gasteiger partial charge in [0.2, 0.25) is 5.91 Å². The van der Waals surface area contributed by atoms with E-state index in [1.807, 2.05) is 0 Å². The molecule has 1 rings (SSSR count). The summed E-state index contributed by atoms with van der Waals surface area (Å²) < 4.78 is 18.3. The lowest BCUT2D eigenvalue weighted by Gasteiger charge is -2.13. The number of hydrogen-bond acceptors (Lipinski definition) is 3. The highest BCUT2D eigenvalue weighted by atomic mass is 35.5. The zero-order chi connectivity index (χ0) is 13.5. The highest BCUT2D eigenvalue weighted by Crippen LogP contribution is 2.24. The first-order valence-electron chi connectivity index (χ1n) is 5.55. The Bertz CT molecular complexity index is 395. The van der Waals surface area contributed by atoms with E-state index in [-0.39, 0.29) is 10.7 Å². The molecular formula is C12H16ClFN2O2.